The van der Waals surface area contributed by atoms with Crippen molar-refractivity contribution in [3.8, 4) is 0 Å². The SMILES string of the molecule is CC(C)C(O)CNc1nc(NN)nc(N(C)C)n1. The molecule has 0 aliphatic heterocycles. The number of nitrogens with zero attached hydrogens (tertiary/aromatic N) is 4. The van der Waals surface area contributed by atoms with Crippen LogP contribution in [0.4, 0.5) is 17.8 Å². The number of aromatic nitrogens is 3. The molecule has 0 saturated carbocycles. The largest absolute Gasteiger partial charge is 0.391 e. The Hall–Kier alpha value is -1.67. The van der Waals surface area contributed by atoms with Gasteiger partial charge in [-0.2, -0.15) is 15.0 Å². The predicted molar refractivity (Wildman–Crippen MR) is 71.3 cm³/mol. The minimum absolute atomic E-state index is 0.166. The van der Waals surface area contributed by atoms with E-state index < -0.39 is 6.10 Å². The average Bonchev–Trinajstić information content (AvgIpc) is 2.35. The van der Waals surface area contributed by atoms with Crippen LogP contribution >= 0.6 is 0 Å². The Morgan fingerprint density at radius 1 is 1.22 bits per heavy atom. The second-order valence-electron chi connectivity index (χ2n) is 4.51. The summed E-state index contributed by atoms with van der Waals surface area (Å²) in [7, 11) is 3.64. The van der Waals surface area contributed by atoms with Crippen LogP contribution in [0.5, 0.6) is 0 Å². The first-order valence-corrected chi connectivity index (χ1v) is 5.76. The van der Waals surface area contributed by atoms with E-state index in [9.17, 15) is 5.11 Å². The lowest BCUT2D eigenvalue weighted by Gasteiger charge is -2.16. The molecule has 0 aliphatic rings. The number of rotatable bonds is 6. The predicted octanol–water partition coefficient (Wildman–Crippen LogP) is -0.348. The molecule has 5 N–H and O–H groups in total. The second kappa shape index (κ2) is 6.31. The third kappa shape index (κ3) is 3.97. The fourth-order valence-electron chi connectivity index (χ4n) is 1.14. The van der Waals surface area contributed by atoms with Gasteiger partial charge in [-0.3, -0.25) is 5.43 Å². The zero-order valence-electron chi connectivity index (χ0n) is 11.2. The molecule has 0 radical (unpaired) electrons. The summed E-state index contributed by atoms with van der Waals surface area (Å²) in [5, 5.41) is 12.7. The van der Waals surface area contributed by atoms with Gasteiger partial charge in [0.15, 0.2) is 0 Å². The quantitative estimate of drug-likeness (QED) is 0.403. The van der Waals surface area contributed by atoms with Gasteiger partial charge in [0.1, 0.15) is 0 Å². The number of aliphatic hydroxyl groups excluding tert-OH is 1. The minimum atomic E-state index is -0.459. The lowest BCUT2D eigenvalue weighted by molar-refractivity contribution is 0.137. The highest BCUT2D eigenvalue weighted by Gasteiger charge is 2.11. The van der Waals surface area contributed by atoms with Gasteiger partial charge in [0.2, 0.25) is 17.8 Å². The smallest absolute Gasteiger partial charge is 0.243 e. The molecule has 18 heavy (non-hydrogen) atoms. The lowest BCUT2D eigenvalue weighted by atomic mass is 10.1. The summed E-state index contributed by atoms with van der Waals surface area (Å²) in [5.74, 6) is 6.60. The number of hydrogen-bond acceptors (Lipinski definition) is 8. The molecular formula is C10H21N7O. The highest BCUT2D eigenvalue weighted by Crippen LogP contribution is 2.11. The van der Waals surface area contributed by atoms with Crippen LogP contribution in [-0.4, -0.2) is 46.8 Å². The van der Waals surface area contributed by atoms with Crippen molar-refractivity contribution in [2.75, 3.05) is 36.3 Å². The Morgan fingerprint density at radius 2 is 1.83 bits per heavy atom. The second-order valence-corrected chi connectivity index (χ2v) is 4.51. The number of anilines is 3. The van der Waals surface area contributed by atoms with Gasteiger partial charge in [0.05, 0.1) is 6.10 Å². The topological polar surface area (TPSA) is 112 Å². The maximum Gasteiger partial charge on any atom is 0.243 e. The summed E-state index contributed by atoms with van der Waals surface area (Å²) in [6.07, 6.45) is -0.459. The van der Waals surface area contributed by atoms with E-state index in [1.54, 1.807) is 4.90 Å². The molecule has 1 heterocycles. The average molecular weight is 255 g/mol. The van der Waals surface area contributed by atoms with Gasteiger partial charge in [0, 0.05) is 20.6 Å². The van der Waals surface area contributed by atoms with Crippen LogP contribution in [0.2, 0.25) is 0 Å². The molecule has 1 aromatic rings. The Kier molecular flexibility index (Phi) is 5.05. The van der Waals surface area contributed by atoms with E-state index in [2.05, 4.69) is 25.7 Å². The molecule has 0 bridgehead atoms. The van der Waals surface area contributed by atoms with Crippen molar-refractivity contribution in [1.82, 2.24) is 15.0 Å². The van der Waals surface area contributed by atoms with Crippen LogP contribution in [0, 0.1) is 5.92 Å². The molecule has 1 aromatic heterocycles. The monoisotopic (exact) mass is 255 g/mol. The zero-order chi connectivity index (χ0) is 13.7. The molecule has 8 nitrogen and oxygen atoms in total. The Labute approximate surface area is 107 Å². The van der Waals surface area contributed by atoms with Gasteiger partial charge in [-0.05, 0) is 5.92 Å². The number of nitrogens with one attached hydrogen (secondary N) is 2. The van der Waals surface area contributed by atoms with Gasteiger partial charge >= 0.3 is 0 Å². The molecule has 0 fully saturated rings. The summed E-state index contributed by atoms with van der Waals surface area (Å²) >= 11 is 0. The van der Waals surface area contributed by atoms with Gasteiger partial charge in [-0.15, -0.1) is 0 Å². The van der Waals surface area contributed by atoms with Crippen molar-refractivity contribution < 1.29 is 5.11 Å². The van der Waals surface area contributed by atoms with Crippen molar-refractivity contribution >= 4 is 17.8 Å². The van der Waals surface area contributed by atoms with Crippen LogP contribution in [0.25, 0.3) is 0 Å². The summed E-state index contributed by atoms with van der Waals surface area (Å²) in [4.78, 5) is 14.1. The molecule has 1 atom stereocenters. The lowest BCUT2D eigenvalue weighted by Crippen LogP contribution is -2.26. The van der Waals surface area contributed by atoms with Crippen molar-refractivity contribution in [2.24, 2.45) is 11.8 Å². The first kappa shape index (κ1) is 14.4. The van der Waals surface area contributed by atoms with Crippen LogP contribution in [0.1, 0.15) is 13.8 Å². The molecule has 1 rings (SSSR count). The van der Waals surface area contributed by atoms with Crippen molar-refractivity contribution in [3.63, 3.8) is 0 Å². The molecule has 0 saturated heterocycles. The summed E-state index contributed by atoms with van der Waals surface area (Å²) in [6.45, 7) is 4.26. The molecule has 8 heteroatoms. The van der Waals surface area contributed by atoms with Gasteiger partial charge in [-0.25, -0.2) is 5.84 Å². The highest BCUT2D eigenvalue weighted by atomic mass is 16.3. The maximum absolute atomic E-state index is 9.71. The van der Waals surface area contributed by atoms with E-state index >= 15 is 0 Å². The number of aliphatic hydroxyl groups is 1. The zero-order valence-corrected chi connectivity index (χ0v) is 11.2. The number of hydrogen-bond donors (Lipinski definition) is 4. The van der Waals surface area contributed by atoms with Gasteiger partial charge in [0.25, 0.3) is 0 Å². The van der Waals surface area contributed by atoms with Gasteiger partial charge < -0.3 is 15.3 Å². The molecule has 0 aliphatic carbocycles. The van der Waals surface area contributed by atoms with Crippen molar-refractivity contribution in [3.05, 3.63) is 0 Å². The fraction of sp³-hybridized carbons (Fsp3) is 0.700. The molecular weight excluding hydrogens is 234 g/mol. The molecule has 0 amide bonds. The first-order chi connectivity index (χ1) is 8.43. The summed E-state index contributed by atoms with van der Waals surface area (Å²) in [6, 6.07) is 0. The van der Waals surface area contributed by atoms with Gasteiger partial charge in [-0.1, -0.05) is 13.8 Å². The highest BCUT2D eigenvalue weighted by molar-refractivity contribution is 5.42. The molecule has 1 unspecified atom stereocenters. The number of nitrogen functional groups attached to an aromatic ring is 1. The van der Waals surface area contributed by atoms with Crippen LogP contribution in [-0.2, 0) is 0 Å². The van der Waals surface area contributed by atoms with E-state index in [1.807, 2.05) is 27.9 Å². The summed E-state index contributed by atoms with van der Waals surface area (Å²) in [5.41, 5.74) is 2.38. The molecule has 0 spiro atoms. The normalized spacial score (nSPS) is 12.4. The van der Waals surface area contributed by atoms with E-state index in [0.717, 1.165) is 0 Å². The fourth-order valence-corrected chi connectivity index (χ4v) is 1.14. The van der Waals surface area contributed by atoms with E-state index in [4.69, 9.17) is 5.84 Å². The third-order valence-electron chi connectivity index (χ3n) is 2.39. The Morgan fingerprint density at radius 3 is 2.33 bits per heavy atom. The standard InChI is InChI=1S/C10H21N7O/c1-6(2)7(18)5-12-8-13-9(16-11)15-10(14-8)17(3)4/h6-7,18H,5,11H2,1-4H3,(H2,12,13,14,15,16). The van der Waals surface area contributed by atoms with Crippen LogP contribution in [0.15, 0.2) is 0 Å². The first-order valence-electron chi connectivity index (χ1n) is 5.76. The van der Waals surface area contributed by atoms with E-state index in [1.165, 1.54) is 0 Å². The number of nitrogens with two attached hydrogens (primary N) is 1. The molecule has 0 aromatic carbocycles. The number of hydrazine groups is 1. The molecule has 102 valence electrons. The Bertz CT molecular complexity index is 382. The van der Waals surface area contributed by atoms with Crippen LogP contribution in [0.3, 0.4) is 0 Å². The Balaban J connectivity index is 2.78. The van der Waals surface area contributed by atoms with E-state index in [-0.39, 0.29) is 11.9 Å². The van der Waals surface area contributed by atoms with Crippen molar-refractivity contribution in [2.45, 2.75) is 20.0 Å². The maximum atomic E-state index is 9.71. The van der Waals surface area contributed by atoms with Crippen LogP contribution < -0.4 is 21.5 Å². The van der Waals surface area contributed by atoms with Crippen molar-refractivity contribution in [1.29, 1.82) is 0 Å². The van der Waals surface area contributed by atoms with E-state index in [0.29, 0.717) is 18.4 Å². The third-order valence-corrected chi connectivity index (χ3v) is 2.39. The summed E-state index contributed by atoms with van der Waals surface area (Å²) < 4.78 is 0. The minimum Gasteiger partial charge on any atom is -0.391 e.